The molecule has 4 nitrogen and oxygen atoms in total. The maximum atomic E-state index is 13.3. The Balaban J connectivity index is 2.10. The van der Waals surface area contributed by atoms with Crippen LogP contribution in [-0.2, 0) is 6.54 Å². The molecule has 1 saturated heterocycles. The van der Waals surface area contributed by atoms with Crippen LogP contribution >= 0.6 is 0 Å². The van der Waals surface area contributed by atoms with E-state index in [0.29, 0.717) is 6.54 Å². The number of nitrogens with one attached hydrogen (secondary N) is 1. The van der Waals surface area contributed by atoms with E-state index in [0.717, 1.165) is 37.6 Å². The molecule has 1 aromatic rings. The summed E-state index contributed by atoms with van der Waals surface area (Å²) in [6, 6.07) is 1.58. The molecule has 0 unspecified atom stereocenters. The molecule has 5 heteroatoms. The average molecular weight is 280 g/mol. The van der Waals surface area contributed by atoms with Gasteiger partial charge >= 0.3 is 0 Å². The highest BCUT2D eigenvalue weighted by Gasteiger charge is 2.27. The number of hydrogen-bond donors (Lipinski definition) is 1. The van der Waals surface area contributed by atoms with Crippen molar-refractivity contribution in [3.05, 3.63) is 23.6 Å². The number of pyridine rings is 1. The Hall–Kier alpha value is -1.20. The molecule has 0 atom stereocenters. The lowest BCUT2D eigenvalue weighted by Gasteiger charge is -2.43. The first-order chi connectivity index (χ1) is 9.41. The van der Waals surface area contributed by atoms with Crippen molar-refractivity contribution in [2.75, 3.05) is 38.1 Å². The Bertz CT molecular complexity index is 448. The van der Waals surface area contributed by atoms with Crippen LogP contribution in [0.2, 0.25) is 0 Å². The molecule has 1 aromatic heterocycles. The molecule has 1 N–H and O–H groups in total. The van der Waals surface area contributed by atoms with E-state index in [-0.39, 0.29) is 11.4 Å². The van der Waals surface area contributed by atoms with Crippen LogP contribution < -0.4 is 10.2 Å². The van der Waals surface area contributed by atoms with Crippen LogP contribution in [0.4, 0.5) is 10.2 Å². The first-order valence-corrected chi connectivity index (χ1v) is 7.21. The molecule has 0 spiro atoms. The zero-order chi connectivity index (χ0) is 14.8. The van der Waals surface area contributed by atoms with Gasteiger partial charge in [0.25, 0.3) is 0 Å². The van der Waals surface area contributed by atoms with Gasteiger partial charge in [-0.3, -0.25) is 4.90 Å². The van der Waals surface area contributed by atoms with Gasteiger partial charge in [-0.15, -0.1) is 0 Å². The SMILES string of the molecule is CNCc1cc(F)cnc1N1CCN(C(C)(C)C)CC1. The summed E-state index contributed by atoms with van der Waals surface area (Å²) < 4.78 is 13.3. The number of hydrogen-bond acceptors (Lipinski definition) is 4. The Morgan fingerprint density at radius 1 is 1.25 bits per heavy atom. The van der Waals surface area contributed by atoms with Gasteiger partial charge in [0.2, 0.25) is 0 Å². The molecule has 1 fully saturated rings. The first-order valence-electron chi connectivity index (χ1n) is 7.21. The minimum Gasteiger partial charge on any atom is -0.354 e. The highest BCUT2D eigenvalue weighted by Crippen LogP contribution is 2.22. The van der Waals surface area contributed by atoms with E-state index in [1.54, 1.807) is 6.07 Å². The number of nitrogens with zero attached hydrogens (tertiary/aromatic N) is 3. The molecule has 0 bridgehead atoms. The van der Waals surface area contributed by atoms with Crippen LogP contribution in [0.1, 0.15) is 26.3 Å². The van der Waals surface area contributed by atoms with Gasteiger partial charge in [0.15, 0.2) is 0 Å². The van der Waals surface area contributed by atoms with Crippen LogP contribution in [0.3, 0.4) is 0 Å². The zero-order valence-corrected chi connectivity index (χ0v) is 12.9. The third kappa shape index (κ3) is 3.46. The molecule has 1 aliphatic rings. The van der Waals surface area contributed by atoms with E-state index in [2.05, 4.69) is 40.9 Å². The largest absolute Gasteiger partial charge is 0.354 e. The van der Waals surface area contributed by atoms with Crippen molar-refractivity contribution in [1.82, 2.24) is 15.2 Å². The molecule has 2 rings (SSSR count). The lowest BCUT2D eigenvalue weighted by molar-refractivity contribution is 0.128. The van der Waals surface area contributed by atoms with Crippen LogP contribution in [0.5, 0.6) is 0 Å². The highest BCUT2D eigenvalue weighted by atomic mass is 19.1. The van der Waals surface area contributed by atoms with Crippen LogP contribution in [0.25, 0.3) is 0 Å². The first kappa shape index (κ1) is 15.2. The summed E-state index contributed by atoms with van der Waals surface area (Å²) in [5, 5.41) is 3.08. The molecule has 20 heavy (non-hydrogen) atoms. The fourth-order valence-corrected chi connectivity index (χ4v) is 2.67. The van der Waals surface area contributed by atoms with E-state index in [4.69, 9.17) is 0 Å². The second-order valence-electron chi connectivity index (χ2n) is 6.31. The van der Waals surface area contributed by atoms with E-state index < -0.39 is 0 Å². The fraction of sp³-hybridized carbons (Fsp3) is 0.667. The summed E-state index contributed by atoms with van der Waals surface area (Å²) in [7, 11) is 1.87. The second kappa shape index (κ2) is 6.06. The molecule has 2 heterocycles. The number of halogens is 1. The lowest BCUT2D eigenvalue weighted by Crippen LogP contribution is -2.53. The number of aromatic nitrogens is 1. The van der Waals surface area contributed by atoms with Gasteiger partial charge < -0.3 is 10.2 Å². The number of piperazine rings is 1. The molecular weight excluding hydrogens is 255 g/mol. The van der Waals surface area contributed by atoms with Gasteiger partial charge in [0, 0.05) is 43.8 Å². The summed E-state index contributed by atoms with van der Waals surface area (Å²) in [6.45, 7) is 11.3. The molecule has 0 radical (unpaired) electrons. The Labute approximate surface area is 121 Å². The summed E-state index contributed by atoms with van der Waals surface area (Å²) in [6.07, 6.45) is 1.31. The van der Waals surface area contributed by atoms with Gasteiger partial charge in [-0.1, -0.05) is 0 Å². The summed E-state index contributed by atoms with van der Waals surface area (Å²) in [4.78, 5) is 9.04. The van der Waals surface area contributed by atoms with Gasteiger partial charge in [-0.05, 0) is 33.9 Å². The van der Waals surface area contributed by atoms with Gasteiger partial charge in [0.05, 0.1) is 6.20 Å². The Kier molecular flexibility index (Phi) is 4.60. The maximum absolute atomic E-state index is 13.3. The maximum Gasteiger partial charge on any atom is 0.141 e. The van der Waals surface area contributed by atoms with Crippen molar-refractivity contribution in [1.29, 1.82) is 0 Å². The predicted octanol–water partition coefficient (Wildman–Crippen LogP) is 1.86. The molecule has 1 aliphatic heterocycles. The minimum absolute atomic E-state index is 0.204. The summed E-state index contributed by atoms with van der Waals surface area (Å²) >= 11 is 0. The average Bonchev–Trinajstić information content (AvgIpc) is 2.38. The van der Waals surface area contributed by atoms with E-state index in [1.807, 2.05) is 7.05 Å². The molecule has 112 valence electrons. The van der Waals surface area contributed by atoms with Crippen molar-refractivity contribution in [2.45, 2.75) is 32.9 Å². The van der Waals surface area contributed by atoms with Crippen LogP contribution in [-0.4, -0.2) is 48.6 Å². The number of anilines is 1. The minimum atomic E-state index is -0.271. The second-order valence-corrected chi connectivity index (χ2v) is 6.31. The normalized spacial score (nSPS) is 17.6. The quantitative estimate of drug-likeness (QED) is 0.916. The van der Waals surface area contributed by atoms with Crippen molar-refractivity contribution in [2.24, 2.45) is 0 Å². The molecule has 0 saturated carbocycles. The van der Waals surface area contributed by atoms with E-state index >= 15 is 0 Å². The molecule has 0 aliphatic carbocycles. The standard InChI is InChI=1S/C15H25FN4/c1-15(2,3)20-7-5-19(6-8-20)14-12(10-17-4)9-13(16)11-18-14/h9,11,17H,5-8,10H2,1-4H3. The fourth-order valence-electron chi connectivity index (χ4n) is 2.67. The van der Waals surface area contributed by atoms with Crippen molar-refractivity contribution >= 4 is 5.82 Å². The third-order valence-corrected chi connectivity index (χ3v) is 3.80. The monoisotopic (exact) mass is 280 g/mol. The zero-order valence-electron chi connectivity index (χ0n) is 12.9. The van der Waals surface area contributed by atoms with Gasteiger partial charge in [0.1, 0.15) is 11.6 Å². The lowest BCUT2D eigenvalue weighted by atomic mass is 10.0. The smallest absolute Gasteiger partial charge is 0.141 e. The van der Waals surface area contributed by atoms with E-state index in [1.165, 1.54) is 6.20 Å². The number of rotatable bonds is 3. The molecular formula is C15H25FN4. The van der Waals surface area contributed by atoms with E-state index in [9.17, 15) is 4.39 Å². The third-order valence-electron chi connectivity index (χ3n) is 3.80. The van der Waals surface area contributed by atoms with Crippen molar-refractivity contribution in [3.63, 3.8) is 0 Å². The molecule has 0 amide bonds. The Morgan fingerprint density at radius 3 is 2.45 bits per heavy atom. The summed E-state index contributed by atoms with van der Waals surface area (Å²) in [5.41, 5.74) is 1.13. The highest BCUT2D eigenvalue weighted by molar-refractivity contribution is 5.47. The van der Waals surface area contributed by atoms with Crippen LogP contribution in [0, 0.1) is 5.82 Å². The van der Waals surface area contributed by atoms with Gasteiger partial charge in [-0.2, -0.15) is 0 Å². The summed E-state index contributed by atoms with van der Waals surface area (Å²) in [5.74, 6) is 0.640. The topological polar surface area (TPSA) is 31.4 Å². The van der Waals surface area contributed by atoms with Crippen molar-refractivity contribution in [3.8, 4) is 0 Å². The molecule has 0 aromatic carbocycles. The predicted molar refractivity (Wildman–Crippen MR) is 80.5 cm³/mol. The Morgan fingerprint density at radius 2 is 1.90 bits per heavy atom. The van der Waals surface area contributed by atoms with Gasteiger partial charge in [-0.25, -0.2) is 9.37 Å². The van der Waals surface area contributed by atoms with Crippen molar-refractivity contribution < 1.29 is 4.39 Å². The van der Waals surface area contributed by atoms with Crippen LogP contribution in [0.15, 0.2) is 12.3 Å².